The number of methoxy groups -OCH3 is 1. The molecule has 1 amide bonds. The van der Waals surface area contributed by atoms with Crippen molar-refractivity contribution >= 4 is 23.5 Å². The lowest BCUT2D eigenvalue weighted by molar-refractivity contribution is 0.0908. The minimum Gasteiger partial charge on any atom is -0.455 e. The molecule has 160 valence electrons. The van der Waals surface area contributed by atoms with E-state index in [4.69, 9.17) is 19.1 Å². The Morgan fingerprint density at radius 2 is 1.97 bits per heavy atom. The zero-order chi connectivity index (χ0) is 21.4. The van der Waals surface area contributed by atoms with Crippen molar-refractivity contribution in [3.63, 3.8) is 0 Å². The molecule has 0 radical (unpaired) electrons. The first kappa shape index (κ1) is 23.2. The standard InChI is InChI=1S/C21H32N4O3S/c1-7-25(8-2)18-13-17(21(3,4)5)23-20(24-18)29-14-15-9-10-16(28-15)19(26)22-11-12-27-6/h9-10,13H,7-8,11-12,14H2,1-6H3,(H,22,26). The summed E-state index contributed by atoms with van der Waals surface area (Å²) in [6.07, 6.45) is 0. The zero-order valence-corrected chi connectivity index (χ0v) is 19.1. The predicted octanol–water partition coefficient (Wildman–Crippen LogP) is 3.88. The molecule has 29 heavy (non-hydrogen) atoms. The van der Waals surface area contributed by atoms with E-state index in [9.17, 15) is 4.79 Å². The van der Waals surface area contributed by atoms with Crippen molar-refractivity contribution in [2.45, 2.75) is 50.9 Å². The summed E-state index contributed by atoms with van der Waals surface area (Å²) in [7, 11) is 1.59. The fraction of sp³-hybridized carbons (Fsp3) is 0.571. The van der Waals surface area contributed by atoms with E-state index in [1.165, 1.54) is 11.8 Å². The second-order valence-electron chi connectivity index (χ2n) is 7.62. The molecule has 0 fully saturated rings. The Morgan fingerprint density at radius 1 is 1.24 bits per heavy atom. The molecule has 0 bridgehead atoms. The normalized spacial score (nSPS) is 11.5. The van der Waals surface area contributed by atoms with Gasteiger partial charge in [0.2, 0.25) is 0 Å². The fourth-order valence-corrected chi connectivity index (χ4v) is 3.39. The Hall–Kier alpha value is -2.06. The Balaban J connectivity index is 2.12. The van der Waals surface area contributed by atoms with Gasteiger partial charge in [-0.1, -0.05) is 32.5 Å². The van der Waals surface area contributed by atoms with Crippen molar-refractivity contribution < 1.29 is 13.9 Å². The third-order valence-corrected chi connectivity index (χ3v) is 5.24. The van der Waals surface area contributed by atoms with Gasteiger partial charge in [-0.3, -0.25) is 4.79 Å². The Bertz CT molecular complexity index is 797. The summed E-state index contributed by atoms with van der Waals surface area (Å²) in [6.45, 7) is 13.4. The minimum atomic E-state index is -0.243. The summed E-state index contributed by atoms with van der Waals surface area (Å²) in [5, 5.41) is 3.46. The molecule has 0 atom stereocenters. The smallest absolute Gasteiger partial charge is 0.287 e. The van der Waals surface area contributed by atoms with E-state index < -0.39 is 0 Å². The first-order valence-electron chi connectivity index (χ1n) is 9.91. The van der Waals surface area contributed by atoms with Crippen LogP contribution in [0.4, 0.5) is 5.82 Å². The molecule has 8 heteroatoms. The molecule has 2 aromatic rings. The number of aromatic nitrogens is 2. The molecule has 0 spiro atoms. The zero-order valence-electron chi connectivity index (χ0n) is 18.2. The van der Waals surface area contributed by atoms with Gasteiger partial charge in [-0.15, -0.1) is 0 Å². The number of anilines is 1. The van der Waals surface area contributed by atoms with E-state index in [1.54, 1.807) is 13.2 Å². The maximum absolute atomic E-state index is 12.1. The number of nitrogens with zero attached hydrogens (tertiary/aromatic N) is 3. The highest BCUT2D eigenvalue weighted by atomic mass is 32.2. The molecule has 0 aromatic carbocycles. The first-order valence-corrected chi connectivity index (χ1v) is 10.9. The van der Waals surface area contributed by atoms with Gasteiger partial charge in [0.1, 0.15) is 11.6 Å². The number of nitrogens with one attached hydrogen (secondary N) is 1. The third-order valence-electron chi connectivity index (χ3n) is 4.37. The molecule has 1 N–H and O–H groups in total. The van der Waals surface area contributed by atoms with Crippen LogP contribution in [0, 0.1) is 0 Å². The maximum Gasteiger partial charge on any atom is 0.287 e. The van der Waals surface area contributed by atoms with Gasteiger partial charge in [0, 0.05) is 38.2 Å². The van der Waals surface area contributed by atoms with Crippen molar-refractivity contribution in [1.82, 2.24) is 15.3 Å². The Labute approximate surface area is 177 Å². The van der Waals surface area contributed by atoms with Gasteiger partial charge in [0.05, 0.1) is 18.1 Å². The quantitative estimate of drug-likeness (QED) is 0.355. The molecule has 2 heterocycles. The lowest BCUT2D eigenvalue weighted by Crippen LogP contribution is -2.26. The van der Waals surface area contributed by atoms with Crippen molar-refractivity contribution in [3.05, 3.63) is 35.4 Å². The predicted molar refractivity (Wildman–Crippen MR) is 117 cm³/mol. The van der Waals surface area contributed by atoms with Crippen LogP contribution in [-0.4, -0.2) is 49.2 Å². The molecule has 2 aromatic heterocycles. The fourth-order valence-electron chi connectivity index (χ4n) is 2.64. The van der Waals surface area contributed by atoms with E-state index in [1.807, 2.05) is 6.07 Å². The van der Waals surface area contributed by atoms with Crippen LogP contribution >= 0.6 is 11.8 Å². The number of carbonyl (C=O) groups excluding carboxylic acids is 1. The van der Waals surface area contributed by atoms with E-state index in [-0.39, 0.29) is 11.3 Å². The number of ether oxygens (including phenoxy) is 1. The largest absolute Gasteiger partial charge is 0.455 e. The van der Waals surface area contributed by atoms with Crippen LogP contribution in [0.25, 0.3) is 0 Å². The van der Waals surface area contributed by atoms with Crippen molar-refractivity contribution in [3.8, 4) is 0 Å². The highest BCUT2D eigenvalue weighted by Gasteiger charge is 2.20. The van der Waals surface area contributed by atoms with Crippen LogP contribution in [0.2, 0.25) is 0 Å². The van der Waals surface area contributed by atoms with Crippen LogP contribution < -0.4 is 10.2 Å². The molecule has 0 aliphatic carbocycles. The van der Waals surface area contributed by atoms with Gasteiger partial charge < -0.3 is 19.4 Å². The van der Waals surface area contributed by atoms with Gasteiger partial charge in [-0.2, -0.15) is 0 Å². The van der Waals surface area contributed by atoms with E-state index in [2.05, 4.69) is 50.9 Å². The van der Waals surface area contributed by atoms with Gasteiger partial charge >= 0.3 is 0 Å². The number of rotatable bonds is 10. The second kappa shape index (κ2) is 10.6. The summed E-state index contributed by atoms with van der Waals surface area (Å²) in [4.78, 5) is 23.8. The second-order valence-corrected chi connectivity index (χ2v) is 8.56. The SMILES string of the molecule is CCN(CC)c1cc(C(C)(C)C)nc(SCc2ccc(C(=O)NCCOC)o2)n1. The molecular weight excluding hydrogens is 388 g/mol. The maximum atomic E-state index is 12.1. The van der Waals surface area contributed by atoms with Crippen LogP contribution in [-0.2, 0) is 15.9 Å². The first-order chi connectivity index (χ1) is 13.8. The monoisotopic (exact) mass is 420 g/mol. The summed E-state index contributed by atoms with van der Waals surface area (Å²) in [6, 6.07) is 5.58. The number of thioether (sulfide) groups is 1. The van der Waals surface area contributed by atoms with Crippen LogP contribution in [0.3, 0.4) is 0 Å². The van der Waals surface area contributed by atoms with Crippen molar-refractivity contribution in [2.75, 3.05) is 38.3 Å². The van der Waals surface area contributed by atoms with Crippen LogP contribution in [0.1, 0.15) is 56.6 Å². The molecule has 0 saturated heterocycles. The lowest BCUT2D eigenvalue weighted by atomic mass is 9.92. The average Bonchev–Trinajstić information content (AvgIpc) is 3.16. The number of hydrogen-bond acceptors (Lipinski definition) is 7. The van der Waals surface area contributed by atoms with Crippen LogP contribution in [0.15, 0.2) is 27.8 Å². The number of hydrogen-bond donors (Lipinski definition) is 1. The van der Waals surface area contributed by atoms with Gasteiger partial charge in [-0.25, -0.2) is 9.97 Å². The molecular formula is C21H32N4O3S. The van der Waals surface area contributed by atoms with Gasteiger partial charge in [-0.05, 0) is 26.0 Å². The molecule has 7 nitrogen and oxygen atoms in total. The molecule has 2 rings (SSSR count). The molecule has 0 unspecified atom stereocenters. The minimum absolute atomic E-state index is 0.0711. The van der Waals surface area contributed by atoms with Gasteiger partial charge in [0.25, 0.3) is 5.91 Å². The summed E-state index contributed by atoms with van der Waals surface area (Å²) >= 11 is 1.51. The van der Waals surface area contributed by atoms with E-state index in [0.29, 0.717) is 35.6 Å². The van der Waals surface area contributed by atoms with Gasteiger partial charge in [0.15, 0.2) is 10.9 Å². The van der Waals surface area contributed by atoms with Crippen molar-refractivity contribution in [1.29, 1.82) is 0 Å². The summed E-state index contributed by atoms with van der Waals surface area (Å²) < 4.78 is 10.6. The topological polar surface area (TPSA) is 80.5 Å². The Morgan fingerprint density at radius 3 is 2.59 bits per heavy atom. The third kappa shape index (κ3) is 6.75. The number of carbonyl (C=O) groups is 1. The van der Waals surface area contributed by atoms with E-state index >= 15 is 0 Å². The van der Waals surface area contributed by atoms with Crippen molar-refractivity contribution in [2.24, 2.45) is 0 Å². The van der Waals surface area contributed by atoms with Crippen LogP contribution in [0.5, 0.6) is 0 Å². The highest BCUT2D eigenvalue weighted by molar-refractivity contribution is 7.98. The number of amides is 1. The summed E-state index contributed by atoms with van der Waals surface area (Å²) in [5.41, 5.74) is 0.938. The molecule has 0 saturated carbocycles. The molecule has 0 aliphatic rings. The highest BCUT2D eigenvalue weighted by Crippen LogP contribution is 2.28. The average molecular weight is 421 g/mol. The number of furan rings is 1. The summed E-state index contributed by atoms with van der Waals surface area (Å²) in [5.74, 6) is 2.26. The molecule has 0 aliphatic heterocycles. The Kier molecular flexibility index (Phi) is 8.52. The van der Waals surface area contributed by atoms with E-state index in [0.717, 1.165) is 24.6 Å². The lowest BCUT2D eigenvalue weighted by Gasteiger charge is -2.24.